The number of carbonyl (C=O) groups is 1. The van der Waals surface area contributed by atoms with E-state index >= 15 is 0 Å². The Balaban J connectivity index is 1.14. The van der Waals surface area contributed by atoms with Gasteiger partial charge >= 0.3 is 5.97 Å². The molecule has 7 atom stereocenters. The van der Waals surface area contributed by atoms with Gasteiger partial charge in [0.15, 0.2) is 0 Å². The first-order valence-corrected chi connectivity index (χ1v) is 17.3. The molecule has 6 fully saturated rings. The fraction of sp³-hybridized carbons (Fsp3) is 0.771. The number of carboxylic acid groups (broad SMARTS) is 1. The average molecular weight is 561 g/mol. The summed E-state index contributed by atoms with van der Waals surface area (Å²) in [5, 5.41) is 9.21. The predicted molar refractivity (Wildman–Crippen MR) is 164 cm³/mol. The van der Waals surface area contributed by atoms with E-state index in [0.29, 0.717) is 24.4 Å². The Morgan fingerprint density at radius 3 is 2.46 bits per heavy atom. The molecule has 1 aromatic carbocycles. The number of nitrogens with zero attached hydrogens (tertiary/aromatic N) is 4. The minimum atomic E-state index is -0.686. The molecule has 0 amide bonds. The monoisotopic (exact) mass is 560 g/mol. The van der Waals surface area contributed by atoms with E-state index in [1.165, 1.54) is 101 Å². The summed E-state index contributed by atoms with van der Waals surface area (Å²) in [6, 6.07) is 11.0. The lowest BCUT2D eigenvalue weighted by atomic mass is 9.73. The van der Waals surface area contributed by atoms with Gasteiger partial charge in [0.25, 0.3) is 0 Å². The van der Waals surface area contributed by atoms with Crippen LogP contribution in [0.4, 0.5) is 0 Å². The quantitative estimate of drug-likeness (QED) is 0.398. The Hall–Kier alpha value is -1.92. The van der Waals surface area contributed by atoms with Crippen molar-refractivity contribution in [2.45, 2.75) is 121 Å². The molecule has 6 nitrogen and oxygen atoms in total. The summed E-state index contributed by atoms with van der Waals surface area (Å²) in [6.45, 7) is 4.00. The SMILES string of the molecule is O=C(O)CCN1CCC[C@@H](Cc2nc3ccccc3n2[C@H]2C[C@H]3CCCCC2CN3C2C[C@H]3CCCC[C@@H](C2)C3)C1. The lowest BCUT2D eigenvalue weighted by Gasteiger charge is -2.52. The Kier molecular flexibility index (Phi) is 8.41. The van der Waals surface area contributed by atoms with Gasteiger partial charge in [-0.15, -0.1) is 0 Å². The van der Waals surface area contributed by atoms with Crippen molar-refractivity contribution in [3.63, 3.8) is 0 Å². The molecule has 0 spiro atoms. The third-order valence-corrected chi connectivity index (χ3v) is 11.9. The zero-order valence-corrected chi connectivity index (χ0v) is 25.1. The van der Waals surface area contributed by atoms with Crippen LogP contribution in [0.3, 0.4) is 0 Å². The maximum atomic E-state index is 11.2. The minimum absolute atomic E-state index is 0.245. The number of para-hydroxylation sites is 2. The van der Waals surface area contributed by atoms with Crippen LogP contribution in [0.25, 0.3) is 11.0 Å². The van der Waals surface area contributed by atoms with Crippen LogP contribution >= 0.6 is 0 Å². The topological polar surface area (TPSA) is 61.6 Å². The first-order chi connectivity index (χ1) is 20.1. The lowest BCUT2D eigenvalue weighted by Crippen LogP contribution is -2.55. The fourth-order valence-electron chi connectivity index (χ4n) is 10.0. The molecule has 41 heavy (non-hydrogen) atoms. The number of rotatable bonds is 7. The van der Waals surface area contributed by atoms with Crippen LogP contribution in [0.1, 0.15) is 108 Å². The number of aromatic nitrogens is 2. The molecule has 3 aliphatic carbocycles. The molecule has 6 heteroatoms. The third-order valence-electron chi connectivity index (χ3n) is 11.9. The van der Waals surface area contributed by atoms with Crippen molar-refractivity contribution in [1.29, 1.82) is 0 Å². The molecule has 3 saturated carbocycles. The smallest absolute Gasteiger partial charge is 0.304 e. The average Bonchev–Trinajstić information content (AvgIpc) is 3.22. The van der Waals surface area contributed by atoms with Crippen molar-refractivity contribution >= 4 is 17.0 Å². The minimum Gasteiger partial charge on any atom is -0.481 e. The summed E-state index contributed by atoms with van der Waals surface area (Å²) < 4.78 is 2.73. The van der Waals surface area contributed by atoms with E-state index < -0.39 is 5.97 Å². The van der Waals surface area contributed by atoms with Crippen LogP contribution in [0.15, 0.2) is 24.3 Å². The van der Waals surface area contributed by atoms with Crippen molar-refractivity contribution in [1.82, 2.24) is 19.4 Å². The van der Waals surface area contributed by atoms with Crippen molar-refractivity contribution < 1.29 is 9.90 Å². The van der Waals surface area contributed by atoms with E-state index in [-0.39, 0.29) is 6.42 Å². The van der Waals surface area contributed by atoms with Crippen molar-refractivity contribution in [3.05, 3.63) is 30.1 Å². The number of aliphatic carboxylic acids is 1. The van der Waals surface area contributed by atoms with Crippen LogP contribution in [0.2, 0.25) is 0 Å². The van der Waals surface area contributed by atoms with Crippen molar-refractivity contribution in [3.8, 4) is 0 Å². The molecular formula is C35H52N4O2. The molecule has 2 unspecified atom stereocenters. The summed E-state index contributed by atoms with van der Waals surface area (Å²) in [7, 11) is 0. The highest BCUT2D eigenvalue weighted by Crippen LogP contribution is 2.47. The van der Waals surface area contributed by atoms with Crippen LogP contribution in [-0.2, 0) is 11.2 Å². The highest BCUT2D eigenvalue weighted by Gasteiger charge is 2.44. The molecule has 3 saturated heterocycles. The van der Waals surface area contributed by atoms with Gasteiger partial charge < -0.3 is 14.6 Å². The van der Waals surface area contributed by atoms with Gasteiger partial charge in [0.05, 0.1) is 17.5 Å². The second-order valence-electron chi connectivity index (χ2n) is 14.6. The molecule has 4 heterocycles. The summed E-state index contributed by atoms with van der Waals surface area (Å²) >= 11 is 0. The molecule has 1 N–H and O–H groups in total. The third kappa shape index (κ3) is 6.11. The van der Waals surface area contributed by atoms with Crippen LogP contribution in [0, 0.1) is 23.7 Å². The van der Waals surface area contributed by atoms with Gasteiger partial charge in [-0.25, -0.2) is 4.98 Å². The van der Waals surface area contributed by atoms with E-state index in [2.05, 4.69) is 38.6 Å². The second kappa shape index (κ2) is 12.4. The van der Waals surface area contributed by atoms with E-state index in [4.69, 9.17) is 4.98 Å². The molecule has 2 aromatic rings. The van der Waals surface area contributed by atoms with Crippen molar-refractivity contribution in [2.75, 3.05) is 26.2 Å². The van der Waals surface area contributed by atoms with Crippen LogP contribution in [-0.4, -0.2) is 68.7 Å². The summed E-state index contributed by atoms with van der Waals surface area (Å²) in [6.07, 6.45) is 20.8. The van der Waals surface area contributed by atoms with Crippen molar-refractivity contribution in [2.24, 2.45) is 23.7 Å². The molecule has 224 valence electrons. The van der Waals surface area contributed by atoms with Gasteiger partial charge in [-0.2, -0.15) is 0 Å². The molecule has 6 aliphatic rings. The first kappa shape index (κ1) is 27.9. The standard InChI is InChI=1S/C35H52N4O2/c40-35(41)15-17-37-16-7-10-27(23-37)21-34-36-31-13-5-6-14-32(31)39(34)33-22-29-12-4-3-11-28(33)24-38(29)30-19-25-8-1-2-9-26(18-25)20-30/h5-6,13-14,25-30,33H,1-4,7-12,15-24H2,(H,40,41)/t25-,26+,27-,28?,29+,30?,33-/m0/s1. The maximum Gasteiger partial charge on any atom is 0.304 e. The normalized spacial score (nSPS) is 35.2. The van der Waals surface area contributed by atoms with Crippen LogP contribution in [0.5, 0.6) is 0 Å². The van der Waals surface area contributed by atoms with Gasteiger partial charge in [-0.05, 0) is 93.7 Å². The van der Waals surface area contributed by atoms with Gasteiger partial charge in [-0.3, -0.25) is 9.69 Å². The number of hydrogen-bond acceptors (Lipinski definition) is 4. The summed E-state index contributed by atoms with van der Waals surface area (Å²) in [5.74, 6) is 3.84. The maximum absolute atomic E-state index is 11.2. The summed E-state index contributed by atoms with van der Waals surface area (Å²) in [5.41, 5.74) is 2.50. The van der Waals surface area contributed by atoms with Crippen LogP contribution < -0.4 is 0 Å². The van der Waals surface area contributed by atoms with Gasteiger partial charge in [0.1, 0.15) is 5.82 Å². The zero-order chi connectivity index (χ0) is 27.8. The first-order valence-electron chi connectivity index (χ1n) is 17.3. The number of piperidine rings is 2. The number of hydrogen-bond donors (Lipinski definition) is 1. The number of fused-ring (bicyclic) bond motifs is 8. The predicted octanol–water partition coefficient (Wildman–Crippen LogP) is 6.93. The summed E-state index contributed by atoms with van der Waals surface area (Å²) in [4.78, 5) is 22.0. The Morgan fingerprint density at radius 1 is 0.854 bits per heavy atom. The number of carboxylic acids is 1. The van der Waals surface area contributed by atoms with E-state index in [0.717, 1.165) is 55.4 Å². The molecular weight excluding hydrogens is 508 g/mol. The van der Waals surface area contributed by atoms with Gasteiger partial charge in [0, 0.05) is 44.2 Å². The largest absolute Gasteiger partial charge is 0.481 e. The highest BCUT2D eigenvalue weighted by molar-refractivity contribution is 5.76. The molecule has 1 aromatic heterocycles. The molecule has 8 rings (SSSR count). The fourth-order valence-corrected chi connectivity index (χ4v) is 10.0. The van der Waals surface area contributed by atoms with E-state index in [9.17, 15) is 9.90 Å². The number of likely N-dealkylation sites (tertiary alicyclic amines) is 1. The lowest BCUT2D eigenvalue weighted by molar-refractivity contribution is -0.137. The Morgan fingerprint density at radius 2 is 1.63 bits per heavy atom. The number of imidazole rings is 1. The van der Waals surface area contributed by atoms with E-state index in [1.54, 1.807) is 0 Å². The molecule has 0 radical (unpaired) electrons. The second-order valence-corrected chi connectivity index (χ2v) is 14.6. The highest BCUT2D eigenvalue weighted by atomic mass is 16.4. The Bertz CT molecular complexity index is 1180. The van der Waals surface area contributed by atoms with Gasteiger partial charge in [-0.1, -0.05) is 50.7 Å². The molecule has 3 aliphatic heterocycles. The Labute approximate surface area is 246 Å². The van der Waals surface area contributed by atoms with E-state index in [1.807, 2.05) is 0 Å². The van der Waals surface area contributed by atoms with Gasteiger partial charge in [0.2, 0.25) is 0 Å². The molecule has 4 bridgehead atoms. The zero-order valence-electron chi connectivity index (χ0n) is 25.1. The number of benzene rings is 1.